The Labute approximate surface area is 155 Å². The number of carbonyl (C=O) groups is 3. The SMILES string of the molecule is NC(=O)[C@H]1CCCN(C(=O)COC(=O)c2cc(Cl)nc3ccccc23)C1. The lowest BCUT2D eigenvalue weighted by atomic mass is 9.97. The van der Waals surface area contributed by atoms with Crippen LogP contribution in [0.5, 0.6) is 0 Å². The zero-order valence-electron chi connectivity index (χ0n) is 14.0. The number of para-hydroxylation sites is 1. The molecule has 1 atom stereocenters. The Morgan fingerprint density at radius 2 is 2.08 bits per heavy atom. The van der Waals surface area contributed by atoms with Gasteiger partial charge in [-0.15, -0.1) is 0 Å². The first kappa shape index (κ1) is 18.1. The van der Waals surface area contributed by atoms with Crippen molar-refractivity contribution in [2.45, 2.75) is 12.8 Å². The molecule has 0 spiro atoms. The van der Waals surface area contributed by atoms with Gasteiger partial charge in [-0.3, -0.25) is 9.59 Å². The fourth-order valence-electron chi connectivity index (χ4n) is 3.04. The zero-order valence-corrected chi connectivity index (χ0v) is 14.7. The van der Waals surface area contributed by atoms with E-state index in [0.717, 1.165) is 0 Å². The van der Waals surface area contributed by atoms with Gasteiger partial charge in [0.25, 0.3) is 5.91 Å². The molecule has 7 nitrogen and oxygen atoms in total. The number of likely N-dealkylation sites (tertiary alicyclic amines) is 1. The largest absolute Gasteiger partial charge is 0.452 e. The van der Waals surface area contributed by atoms with Crippen LogP contribution in [-0.4, -0.2) is 47.4 Å². The first-order valence-electron chi connectivity index (χ1n) is 8.25. The van der Waals surface area contributed by atoms with Gasteiger partial charge in [0.05, 0.1) is 17.0 Å². The molecule has 1 fully saturated rings. The number of carbonyl (C=O) groups excluding carboxylic acids is 3. The maximum Gasteiger partial charge on any atom is 0.339 e. The third-order valence-electron chi connectivity index (χ3n) is 4.41. The number of aromatic nitrogens is 1. The number of pyridine rings is 1. The summed E-state index contributed by atoms with van der Waals surface area (Å²) in [4.78, 5) is 41.7. The second-order valence-electron chi connectivity index (χ2n) is 6.17. The normalized spacial score (nSPS) is 17.1. The number of piperidine rings is 1. The molecule has 1 saturated heterocycles. The number of halogens is 1. The Morgan fingerprint density at radius 1 is 1.31 bits per heavy atom. The van der Waals surface area contributed by atoms with Crippen LogP contribution in [0, 0.1) is 5.92 Å². The maximum atomic E-state index is 12.4. The highest BCUT2D eigenvalue weighted by molar-refractivity contribution is 6.30. The standard InChI is InChI=1S/C18H18ClN3O4/c19-15-8-13(12-5-1-2-6-14(12)21-15)18(25)26-10-16(23)22-7-3-4-11(9-22)17(20)24/h1-2,5-6,8,11H,3-4,7,9-10H2,(H2,20,24)/t11-/m0/s1. The first-order chi connectivity index (χ1) is 12.5. The highest BCUT2D eigenvalue weighted by Crippen LogP contribution is 2.22. The molecule has 1 aromatic carbocycles. The van der Waals surface area contributed by atoms with E-state index in [1.54, 1.807) is 24.3 Å². The minimum absolute atomic E-state index is 0.169. The summed E-state index contributed by atoms with van der Waals surface area (Å²) in [5.74, 6) is -1.78. The van der Waals surface area contributed by atoms with E-state index in [4.69, 9.17) is 22.1 Å². The number of primary amides is 1. The van der Waals surface area contributed by atoms with Crippen molar-refractivity contribution < 1.29 is 19.1 Å². The number of ether oxygens (including phenoxy) is 1. The van der Waals surface area contributed by atoms with Crippen molar-refractivity contribution in [1.82, 2.24) is 9.88 Å². The van der Waals surface area contributed by atoms with Crippen molar-refractivity contribution in [1.29, 1.82) is 0 Å². The number of nitrogens with two attached hydrogens (primary N) is 1. The monoisotopic (exact) mass is 375 g/mol. The van der Waals surface area contributed by atoms with E-state index in [9.17, 15) is 14.4 Å². The molecule has 0 saturated carbocycles. The fraction of sp³-hybridized carbons (Fsp3) is 0.333. The Bertz CT molecular complexity index is 871. The summed E-state index contributed by atoms with van der Waals surface area (Å²) in [5, 5.41) is 0.767. The number of esters is 1. The Morgan fingerprint density at radius 3 is 2.85 bits per heavy atom. The van der Waals surface area contributed by atoms with Gasteiger partial charge in [-0.25, -0.2) is 9.78 Å². The predicted octanol–water partition coefficient (Wildman–Crippen LogP) is 1.77. The fourth-order valence-corrected chi connectivity index (χ4v) is 3.24. The molecule has 2 heterocycles. The van der Waals surface area contributed by atoms with E-state index in [1.807, 2.05) is 0 Å². The lowest BCUT2D eigenvalue weighted by Gasteiger charge is -2.31. The van der Waals surface area contributed by atoms with Crippen LogP contribution in [0.4, 0.5) is 0 Å². The van der Waals surface area contributed by atoms with Crippen LogP contribution < -0.4 is 5.73 Å². The van der Waals surface area contributed by atoms with Gasteiger partial charge in [-0.05, 0) is 25.0 Å². The molecule has 26 heavy (non-hydrogen) atoms. The van der Waals surface area contributed by atoms with Gasteiger partial charge in [-0.2, -0.15) is 0 Å². The summed E-state index contributed by atoms with van der Waals surface area (Å²) in [5.41, 5.74) is 6.13. The van der Waals surface area contributed by atoms with Gasteiger partial charge in [0.15, 0.2) is 6.61 Å². The number of hydrogen-bond donors (Lipinski definition) is 1. The van der Waals surface area contributed by atoms with Crippen LogP contribution in [0.15, 0.2) is 30.3 Å². The van der Waals surface area contributed by atoms with Crippen LogP contribution in [0.25, 0.3) is 10.9 Å². The number of fused-ring (bicyclic) bond motifs is 1. The molecule has 1 aliphatic heterocycles. The number of hydrogen-bond acceptors (Lipinski definition) is 5. The van der Waals surface area contributed by atoms with E-state index in [1.165, 1.54) is 11.0 Å². The molecule has 3 rings (SSSR count). The molecule has 1 aromatic heterocycles. The first-order valence-corrected chi connectivity index (χ1v) is 8.63. The summed E-state index contributed by atoms with van der Waals surface area (Å²) in [6, 6.07) is 8.45. The topological polar surface area (TPSA) is 103 Å². The molecule has 0 unspecified atom stereocenters. The summed E-state index contributed by atoms with van der Waals surface area (Å²) >= 11 is 5.96. The van der Waals surface area contributed by atoms with Crippen molar-refractivity contribution >= 4 is 40.3 Å². The van der Waals surface area contributed by atoms with Gasteiger partial charge >= 0.3 is 5.97 Å². The molecule has 8 heteroatoms. The van der Waals surface area contributed by atoms with E-state index in [-0.39, 0.29) is 29.1 Å². The Kier molecular flexibility index (Phi) is 5.37. The molecular formula is C18H18ClN3O4. The van der Waals surface area contributed by atoms with Crippen molar-refractivity contribution in [3.05, 3.63) is 41.0 Å². The van der Waals surface area contributed by atoms with Gasteiger partial charge in [-0.1, -0.05) is 29.8 Å². The average Bonchev–Trinajstić information content (AvgIpc) is 2.65. The van der Waals surface area contributed by atoms with Crippen LogP contribution in [0.2, 0.25) is 5.15 Å². The van der Waals surface area contributed by atoms with Crippen LogP contribution in [-0.2, 0) is 14.3 Å². The smallest absolute Gasteiger partial charge is 0.339 e. The second-order valence-corrected chi connectivity index (χ2v) is 6.55. The lowest BCUT2D eigenvalue weighted by Crippen LogP contribution is -2.45. The third kappa shape index (κ3) is 3.94. The molecule has 0 aliphatic carbocycles. The molecule has 1 aliphatic rings. The number of rotatable bonds is 4. The number of amides is 2. The lowest BCUT2D eigenvalue weighted by molar-refractivity contribution is -0.137. The predicted molar refractivity (Wildman–Crippen MR) is 95.5 cm³/mol. The van der Waals surface area contributed by atoms with Crippen molar-refractivity contribution in [3.63, 3.8) is 0 Å². The van der Waals surface area contributed by atoms with E-state index < -0.39 is 18.5 Å². The van der Waals surface area contributed by atoms with Crippen LogP contribution in [0.1, 0.15) is 23.2 Å². The maximum absolute atomic E-state index is 12.4. The molecule has 2 aromatic rings. The number of nitrogens with zero attached hydrogens (tertiary/aromatic N) is 2. The minimum Gasteiger partial charge on any atom is -0.452 e. The van der Waals surface area contributed by atoms with Crippen LogP contribution >= 0.6 is 11.6 Å². The quantitative estimate of drug-likeness (QED) is 0.648. The van der Waals surface area contributed by atoms with E-state index in [2.05, 4.69) is 4.98 Å². The van der Waals surface area contributed by atoms with Gasteiger partial charge < -0.3 is 15.4 Å². The third-order valence-corrected chi connectivity index (χ3v) is 4.60. The molecule has 136 valence electrons. The van der Waals surface area contributed by atoms with E-state index >= 15 is 0 Å². The second kappa shape index (κ2) is 7.70. The van der Waals surface area contributed by atoms with Gasteiger partial charge in [0.2, 0.25) is 5.91 Å². The van der Waals surface area contributed by atoms with Gasteiger partial charge in [0, 0.05) is 18.5 Å². The Hall–Kier alpha value is -2.67. The number of benzene rings is 1. The zero-order chi connectivity index (χ0) is 18.7. The summed E-state index contributed by atoms with van der Waals surface area (Å²) in [7, 11) is 0. The molecule has 0 bridgehead atoms. The average molecular weight is 376 g/mol. The minimum atomic E-state index is -0.651. The molecule has 2 amide bonds. The Balaban J connectivity index is 1.67. The van der Waals surface area contributed by atoms with E-state index in [0.29, 0.717) is 30.3 Å². The van der Waals surface area contributed by atoms with Crippen molar-refractivity contribution in [2.75, 3.05) is 19.7 Å². The molecular weight excluding hydrogens is 358 g/mol. The van der Waals surface area contributed by atoms with Gasteiger partial charge in [0.1, 0.15) is 5.15 Å². The van der Waals surface area contributed by atoms with Crippen molar-refractivity contribution in [2.24, 2.45) is 11.7 Å². The highest BCUT2D eigenvalue weighted by Gasteiger charge is 2.27. The summed E-state index contributed by atoms with van der Waals surface area (Å²) < 4.78 is 5.17. The molecule has 0 radical (unpaired) electrons. The summed E-state index contributed by atoms with van der Waals surface area (Å²) in [6.07, 6.45) is 1.36. The molecule has 2 N–H and O–H groups in total. The van der Waals surface area contributed by atoms with Crippen molar-refractivity contribution in [3.8, 4) is 0 Å². The van der Waals surface area contributed by atoms with Crippen LogP contribution in [0.3, 0.4) is 0 Å². The highest BCUT2D eigenvalue weighted by atomic mass is 35.5. The summed E-state index contributed by atoms with van der Waals surface area (Å²) in [6.45, 7) is 0.374.